The summed E-state index contributed by atoms with van der Waals surface area (Å²) in [6.07, 6.45) is 3.30. The molecular formula is C29H35FN4O4S. The van der Waals surface area contributed by atoms with Gasteiger partial charge in [0, 0.05) is 46.9 Å². The Labute approximate surface area is 232 Å². The highest BCUT2D eigenvalue weighted by molar-refractivity contribution is 7.10. The van der Waals surface area contributed by atoms with Crippen LogP contribution in [0, 0.1) is 11.2 Å². The lowest BCUT2D eigenvalue weighted by Crippen LogP contribution is -2.34. The van der Waals surface area contributed by atoms with Crippen LogP contribution in [0.15, 0.2) is 36.4 Å². The highest BCUT2D eigenvalue weighted by atomic mass is 32.1. The third-order valence-corrected chi connectivity index (χ3v) is 7.46. The molecule has 10 heteroatoms. The van der Waals surface area contributed by atoms with Gasteiger partial charge in [0.05, 0.1) is 25.4 Å². The van der Waals surface area contributed by atoms with Gasteiger partial charge in [0.15, 0.2) is 23.7 Å². The van der Waals surface area contributed by atoms with Gasteiger partial charge in [0.2, 0.25) is 5.13 Å². The molecule has 2 aliphatic rings. The van der Waals surface area contributed by atoms with Crippen molar-refractivity contribution in [2.45, 2.75) is 52.7 Å². The van der Waals surface area contributed by atoms with E-state index in [1.54, 1.807) is 6.07 Å². The van der Waals surface area contributed by atoms with Crippen molar-refractivity contribution in [3.8, 4) is 17.1 Å². The molecule has 0 atom stereocenters. The van der Waals surface area contributed by atoms with Gasteiger partial charge in [-0.2, -0.15) is 9.36 Å². The minimum Gasteiger partial charge on any atom is -0.490 e. The third kappa shape index (κ3) is 6.57. The molecule has 0 aliphatic carbocycles. The molecule has 0 bridgehead atoms. The molecule has 39 heavy (non-hydrogen) atoms. The van der Waals surface area contributed by atoms with E-state index in [2.05, 4.69) is 31.7 Å². The fourth-order valence-corrected chi connectivity index (χ4v) is 5.21. The van der Waals surface area contributed by atoms with Crippen molar-refractivity contribution in [2.75, 3.05) is 43.1 Å². The van der Waals surface area contributed by atoms with Gasteiger partial charge < -0.3 is 19.1 Å². The number of anilines is 2. The molecule has 5 rings (SSSR count). The molecule has 3 heterocycles. The molecule has 2 fully saturated rings. The molecule has 1 N–H and O–H groups in total. The van der Waals surface area contributed by atoms with Crippen LogP contribution in [-0.2, 0) is 9.47 Å². The zero-order valence-electron chi connectivity index (χ0n) is 22.7. The summed E-state index contributed by atoms with van der Waals surface area (Å²) in [7, 11) is 0. The Morgan fingerprint density at radius 3 is 2.59 bits per heavy atom. The molecule has 1 amide bonds. The molecule has 2 saturated heterocycles. The van der Waals surface area contributed by atoms with Crippen molar-refractivity contribution in [3.63, 3.8) is 0 Å². The van der Waals surface area contributed by atoms with E-state index in [4.69, 9.17) is 14.2 Å². The maximum atomic E-state index is 15.3. The van der Waals surface area contributed by atoms with E-state index < -0.39 is 18.0 Å². The van der Waals surface area contributed by atoms with Gasteiger partial charge in [-0.3, -0.25) is 10.1 Å². The number of carbonyl (C=O) groups is 1. The maximum Gasteiger partial charge on any atom is 0.257 e. The number of nitrogens with one attached hydrogen (secondary N) is 1. The van der Waals surface area contributed by atoms with E-state index in [-0.39, 0.29) is 16.7 Å². The third-order valence-electron chi connectivity index (χ3n) is 6.83. The summed E-state index contributed by atoms with van der Waals surface area (Å²) < 4.78 is 37.3. The molecule has 3 aromatic rings. The summed E-state index contributed by atoms with van der Waals surface area (Å²) in [6, 6.07) is 10.9. The molecule has 0 spiro atoms. The lowest BCUT2D eigenvalue weighted by molar-refractivity contribution is -0.226. The number of carbonyl (C=O) groups excluding carboxylic acids is 1. The first-order chi connectivity index (χ1) is 18.8. The van der Waals surface area contributed by atoms with Gasteiger partial charge in [-0.15, -0.1) is 0 Å². The van der Waals surface area contributed by atoms with Gasteiger partial charge in [0.25, 0.3) is 5.91 Å². The molecule has 0 radical (unpaired) electrons. The maximum absolute atomic E-state index is 15.3. The molecule has 208 valence electrons. The van der Waals surface area contributed by atoms with Crippen molar-refractivity contribution < 1.29 is 23.4 Å². The monoisotopic (exact) mass is 554 g/mol. The predicted molar refractivity (Wildman–Crippen MR) is 150 cm³/mol. The molecule has 1 aromatic heterocycles. The zero-order chi connectivity index (χ0) is 27.4. The number of benzene rings is 2. The van der Waals surface area contributed by atoms with Crippen molar-refractivity contribution in [1.82, 2.24) is 9.36 Å². The quantitative estimate of drug-likeness (QED) is 0.304. The summed E-state index contributed by atoms with van der Waals surface area (Å²) in [5.41, 5.74) is 2.38. The Morgan fingerprint density at radius 2 is 1.90 bits per heavy atom. The minimum atomic E-state index is -0.825. The van der Waals surface area contributed by atoms with Crippen LogP contribution in [0.4, 0.5) is 15.2 Å². The molecule has 0 saturated carbocycles. The lowest BCUT2D eigenvalue weighted by atomic mass is 9.95. The number of hydrogen-bond acceptors (Lipinski definition) is 8. The molecule has 2 aromatic carbocycles. The van der Waals surface area contributed by atoms with Crippen LogP contribution in [-0.4, -0.2) is 48.2 Å². The fraction of sp³-hybridized carbons (Fsp3) is 0.483. The smallest absolute Gasteiger partial charge is 0.257 e. The van der Waals surface area contributed by atoms with E-state index in [1.165, 1.54) is 24.6 Å². The van der Waals surface area contributed by atoms with Crippen molar-refractivity contribution in [3.05, 3.63) is 53.3 Å². The number of aromatic nitrogens is 2. The topological polar surface area (TPSA) is 85.8 Å². The summed E-state index contributed by atoms with van der Waals surface area (Å²) >= 11 is 1.08. The van der Waals surface area contributed by atoms with E-state index in [9.17, 15) is 4.79 Å². The van der Waals surface area contributed by atoms with Gasteiger partial charge in [0.1, 0.15) is 0 Å². The van der Waals surface area contributed by atoms with Crippen LogP contribution in [0.5, 0.6) is 5.75 Å². The molecule has 8 nitrogen and oxygen atoms in total. The first-order valence-electron chi connectivity index (χ1n) is 13.5. The van der Waals surface area contributed by atoms with Crippen LogP contribution in [0.25, 0.3) is 11.4 Å². The molecule has 0 unspecified atom stereocenters. The Kier molecular flexibility index (Phi) is 8.44. The normalized spacial score (nSPS) is 17.4. The van der Waals surface area contributed by atoms with Crippen LogP contribution in [0.2, 0.25) is 0 Å². The van der Waals surface area contributed by atoms with Crippen molar-refractivity contribution in [2.24, 2.45) is 5.41 Å². The van der Waals surface area contributed by atoms with Gasteiger partial charge in [-0.05, 0) is 55.7 Å². The van der Waals surface area contributed by atoms with Crippen molar-refractivity contribution >= 4 is 28.3 Å². The van der Waals surface area contributed by atoms with Gasteiger partial charge in [-0.1, -0.05) is 27.2 Å². The van der Waals surface area contributed by atoms with Crippen LogP contribution >= 0.6 is 11.5 Å². The second-order valence-corrected chi connectivity index (χ2v) is 11.6. The summed E-state index contributed by atoms with van der Waals surface area (Å²) in [4.78, 5) is 20.0. The van der Waals surface area contributed by atoms with E-state index in [1.807, 2.05) is 32.9 Å². The van der Waals surface area contributed by atoms with E-state index >= 15 is 4.39 Å². The largest absolute Gasteiger partial charge is 0.490 e. The van der Waals surface area contributed by atoms with E-state index in [0.29, 0.717) is 36.3 Å². The summed E-state index contributed by atoms with van der Waals surface area (Å²) in [6.45, 7) is 9.50. The highest BCUT2D eigenvalue weighted by Gasteiger charge is 2.32. The number of nitrogens with zero attached hydrogens (tertiary/aromatic N) is 3. The number of amides is 1. The lowest BCUT2D eigenvalue weighted by Gasteiger charge is -2.35. The van der Waals surface area contributed by atoms with E-state index in [0.717, 1.165) is 43.0 Å². The first kappa shape index (κ1) is 27.5. The Hall–Kier alpha value is -3.08. The average Bonchev–Trinajstić information content (AvgIpc) is 3.63. The number of hydrogen-bond donors (Lipinski definition) is 1. The van der Waals surface area contributed by atoms with Crippen LogP contribution in [0.3, 0.4) is 0 Å². The second-order valence-electron chi connectivity index (χ2n) is 10.8. The SMILES string of the molecule is CCCCOc1c(F)cc(C(=O)Nc2nc(-c3ccc(N4CCCC4)cc3)ns2)cc1C1OCC(C)(C)CO1. The van der Waals surface area contributed by atoms with Gasteiger partial charge in [-0.25, -0.2) is 4.39 Å². The standard InChI is InChI=1S/C29H35FN4O4S/c1-4-5-14-36-24-22(27-37-17-29(2,3)18-38-27)15-20(16-23(24)30)26(35)32-28-31-25(33-39-28)19-8-10-21(11-9-19)34-12-6-7-13-34/h8-11,15-16,27H,4-7,12-14,17-18H2,1-3H3,(H,31,32,33,35). The Morgan fingerprint density at radius 1 is 1.18 bits per heavy atom. The summed E-state index contributed by atoms with van der Waals surface area (Å²) in [5.74, 6) is -0.554. The van der Waals surface area contributed by atoms with Gasteiger partial charge >= 0.3 is 0 Å². The molecule has 2 aliphatic heterocycles. The number of halogens is 1. The highest BCUT2D eigenvalue weighted by Crippen LogP contribution is 2.38. The fourth-order valence-electron chi connectivity index (χ4n) is 4.62. The minimum absolute atomic E-state index is 0.0558. The average molecular weight is 555 g/mol. The molecular weight excluding hydrogens is 519 g/mol. The van der Waals surface area contributed by atoms with Crippen LogP contribution in [0.1, 0.15) is 68.7 Å². The first-order valence-corrected chi connectivity index (χ1v) is 14.3. The second kappa shape index (κ2) is 12.0. The summed E-state index contributed by atoms with van der Waals surface area (Å²) in [5, 5.41) is 3.08. The zero-order valence-corrected chi connectivity index (χ0v) is 23.5. The number of ether oxygens (including phenoxy) is 3. The number of unbranched alkanes of at least 4 members (excludes halogenated alkanes) is 1. The predicted octanol–water partition coefficient (Wildman–Crippen LogP) is 6.45. The van der Waals surface area contributed by atoms with Crippen LogP contribution < -0.4 is 15.0 Å². The van der Waals surface area contributed by atoms with Crippen molar-refractivity contribution in [1.29, 1.82) is 0 Å². The number of rotatable bonds is 9. The Balaban J connectivity index is 1.32. The Bertz CT molecular complexity index is 1280.